The first kappa shape index (κ1) is 44.1. The van der Waals surface area contributed by atoms with E-state index in [0.29, 0.717) is 29.0 Å². The first-order valence-corrected chi connectivity index (χ1v) is 25.3. The van der Waals surface area contributed by atoms with Gasteiger partial charge in [-0.05, 0) is 106 Å². The highest BCUT2D eigenvalue weighted by Crippen LogP contribution is 2.46. The smallest absolute Gasteiger partial charge is 0.164 e. The number of aliphatic imine (C=N–C) groups is 2. The molecular formula is C66H55N5. The van der Waals surface area contributed by atoms with Gasteiger partial charge >= 0.3 is 0 Å². The number of hydrogen-bond donors (Lipinski definition) is 0. The molecule has 12 rings (SSSR count). The Bertz CT molecular complexity index is 3630. The zero-order chi connectivity index (χ0) is 47.7. The number of aromatic nitrogens is 3. The summed E-state index contributed by atoms with van der Waals surface area (Å²) in [6.45, 7) is 6.68. The highest BCUT2D eigenvalue weighted by Gasteiger charge is 2.36. The van der Waals surface area contributed by atoms with Gasteiger partial charge in [-0.3, -0.25) is 0 Å². The fraction of sp³-hybridized carbons (Fsp3) is 0.167. The van der Waals surface area contributed by atoms with E-state index in [4.69, 9.17) is 24.9 Å². The lowest BCUT2D eigenvalue weighted by Gasteiger charge is -2.39. The summed E-state index contributed by atoms with van der Waals surface area (Å²) in [5.74, 6) is 2.73. The normalized spacial score (nSPS) is 15.5. The number of benzene rings is 8. The van der Waals surface area contributed by atoms with Crippen molar-refractivity contribution in [3.63, 3.8) is 0 Å². The highest BCUT2D eigenvalue weighted by atomic mass is 15.0. The van der Waals surface area contributed by atoms with Crippen molar-refractivity contribution in [2.24, 2.45) is 9.98 Å². The quantitative estimate of drug-likeness (QED) is 0.107. The maximum absolute atomic E-state index is 5.35. The van der Waals surface area contributed by atoms with Gasteiger partial charge in [0.15, 0.2) is 23.3 Å². The van der Waals surface area contributed by atoms with Crippen LogP contribution in [-0.4, -0.2) is 26.5 Å². The number of nitrogens with zero attached hydrogens (tertiary/aromatic N) is 5. The third-order valence-electron chi connectivity index (χ3n) is 15.1. The fourth-order valence-electron chi connectivity index (χ4n) is 11.4. The van der Waals surface area contributed by atoms with E-state index in [1.54, 1.807) is 0 Å². The molecule has 1 saturated carbocycles. The summed E-state index contributed by atoms with van der Waals surface area (Å²) in [6.07, 6.45) is 16.5. The molecule has 1 aromatic heterocycles. The van der Waals surface area contributed by atoms with E-state index >= 15 is 0 Å². The summed E-state index contributed by atoms with van der Waals surface area (Å²) in [6, 6.07) is 63.1. The van der Waals surface area contributed by atoms with Crippen LogP contribution in [0.4, 0.5) is 0 Å². The van der Waals surface area contributed by atoms with Gasteiger partial charge in [0.2, 0.25) is 0 Å². The van der Waals surface area contributed by atoms with Crippen LogP contribution in [0.25, 0.3) is 73.1 Å². The molecule has 5 heteroatoms. The van der Waals surface area contributed by atoms with Gasteiger partial charge in [0, 0.05) is 39.0 Å². The van der Waals surface area contributed by atoms with Gasteiger partial charge in [-0.1, -0.05) is 220 Å². The molecular weight excluding hydrogens is 863 g/mol. The summed E-state index contributed by atoms with van der Waals surface area (Å²) >= 11 is 0. The van der Waals surface area contributed by atoms with Crippen molar-refractivity contribution in [2.75, 3.05) is 0 Å². The Hall–Kier alpha value is -8.15. The fourth-order valence-corrected chi connectivity index (χ4v) is 11.4. The maximum atomic E-state index is 5.35. The van der Waals surface area contributed by atoms with E-state index in [2.05, 4.69) is 208 Å². The topological polar surface area (TPSA) is 63.4 Å². The predicted molar refractivity (Wildman–Crippen MR) is 297 cm³/mol. The van der Waals surface area contributed by atoms with E-state index in [9.17, 15) is 0 Å². The summed E-state index contributed by atoms with van der Waals surface area (Å²) < 4.78 is 0. The van der Waals surface area contributed by atoms with Crippen molar-refractivity contribution in [1.82, 2.24) is 15.0 Å². The third kappa shape index (κ3) is 8.46. The number of hydrogen-bond acceptors (Lipinski definition) is 4. The molecule has 8 aromatic carbocycles. The number of rotatable bonds is 9. The summed E-state index contributed by atoms with van der Waals surface area (Å²) in [7, 11) is 0. The second-order valence-electron chi connectivity index (χ2n) is 19.4. The SMILES string of the molecule is C=C(N=C(N=C(C)c1cccc2ccccc12)C1=CCCc2ccccc21)c1ccc(C2(c3ccc(-c4nc(-c5cccc6c5C=CCC6)nc(-c5cccc6ccccc56)n4)cc3)CCCCC2)cc1. The second-order valence-corrected chi connectivity index (χ2v) is 19.4. The monoisotopic (exact) mass is 917 g/mol. The zero-order valence-corrected chi connectivity index (χ0v) is 40.3. The number of amidine groups is 1. The van der Waals surface area contributed by atoms with Crippen LogP contribution < -0.4 is 0 Å². The Labute approximate surface area is 416 Å². The molecule has 5 nitrogen and oxygen atoms in total. The molecule has 1 fully saturated rings. The molecule has 0 aliphatic heterocycles. The molecule has 0 saturated heterocycles. The van der Waals surface area contributed by atoms with Gasteiger partial charge in [-0.2, -0.15) is 0 Å². The largest absolute Gasteiger partial charge is 0.233 e. The predicted octanol–water partition coefficient (Wildman–Crippen LogP) is 16.3. The Morgan fingerprint density at radius 1 is 0.521 bits per heavy atom. The molecule has 0 spiro atoms. The second kappa shape index (κ2) is 19.0. The van der Waals surface area contributed by atoms with Crippen molar-refractivity contribution in [2.45, 2.75) is 70.1 Å². The minimum Gasteiger partial charge on any atom is -0.233 e. The molecule has 3 aliphatic rings. The third-order valence-corrected chi connectivity index (χ3v) is 15.1. The van der Waals surface area contributed by atoms with Crippen LogP contribution in [-0.2, 0) is 18.3 Å². The van der Waals surface area contributed by atoms with Gasteiger partial charge in [-0.15, -0.1) is 0 Å². The number of fused-ring (bicyclic) bond motifs is 4. The minimum absolute atomic E-state index is 0.130. The van der Waals surface area contributed by atoms with Gasteiger partial charge in [-0.25, -0.2) is 24.9 Å². The van der Waals surface area contributed by atoms with Crippen molar-refractivity contribution in [3.05, 3.63) is 239 Å². The van der Waals surface area contributed by atoms with Crippen LogP contribution in [0.1, 0.15) is 96.4 Å². The molecule has 3 aliphatic carbocycles. The molecule has 0 unspecified atom stereocenters. The molecule has 0 N–H and O–H groups in total. The van der Waals surface area contributed by atoms with Crippen LogP contribution >= 0.6 is 0 Å². The van der Waals surface area contributed by atoms with Crippen LogP contribution in [0, 0.1) is 0 Å². The molecule has 0 atom stereocenters. The molecule has 1 heterocycles. The van der Waals surface area contributed by atoms with Gasteiger partial charge in [0.25, 0.3) is 0 Å². The molecule has 71 heavy (non-hydrogen) atoms. The van der Waals surface area contributed by atoms with Crippen LogP contribution in [0.15, 0.2) is 205 Å². The lowest BCUT2D eigenvalue weighted by atomic mass is 9.65. The average Bonchev–Trinajstić information content (AvgIpc) is 3.44. The lowest BCUT2D eigenvalue weighted by molar-refractivity contribution is 0.346. The Morgan fingerprint density at radius 2 is 1.11 bits per heavy atom. The Kier molecular flexibility index (Phi) is 11.8. The zero-order valence-electron chi connectivity index (χ0n) is 40.3. The van der Waals surface area contributed by atoms with Crippen molar-refractivity contribution < 1.29 is 0 Å². The molecule has 344 valence electrons. The van der Waals surface area contributed by atoms with E-state index in [0.717, 1.165) is 88.4 Å². The summed E-state index contributed by atoms with van der Waals surface area (Å²) in [5, 5.41) is 4.65. The van der Waals surface area contributed by atoms with E-state index in [1.165, 1.54) is 63.4 Å². The van der Waals surface area contributed by atoms with Crippen molar-refractivity contribution in [3.8, 4) is 34.2 Å². The van der Waals surface area contributed by atoms with Gasteiger partial charge in [0.05, 0.1) is 5.70 Å². The molecule has 0 radical (unpaired) electrons. The average molecular weight is 918 g/mol. The van der Waals surface area contributed by atoms with Crippen LogP contribution in [0.3, 0.4) is 0 Å². The number of aryl methyl sites for hydroxylation is 2. The van der Waals surface area contributed by atoms with Crippen LogP contribution in [0.2, 0.25) is 0 Å². The highest BCUT2D eigenvalue weighted by molar-refractivity contribution is 6.29. The van der Waals surface area contributed by atoms with Crippen molar-refractivity contribution in [1.29, 1.82) is 0 Å². The standard InChI is InChI=1S/C66H55N5/c1-44(67-63(59-31-15-23-48-19-5-9-27-56(48)59)68-45(2)54-30-14-22-47-18-4-8-26-55(47)54)46-34-38-52(39-35-46)66(42-12-3-13-43-66)53-40-36-51(37-41-53)62-69-64(60-32-16-24-49-20-6-10-28-57(49)60)71-65(70-62)61-33-17-25-50-21-7-11-29-58(50)61/h4-6,8-11,14,16-20,22,24-41H,1,3,7,12-13,15,21,23,42-43H2,2H3. The van der Waals surface area contributed by atoms with Gasteiger partial charge < -0.3 is 0 Å². The first-order valence-electron chi connectivity index (χ1n) is 25.3. The summed E-state index contributed by atoms with van der Waals surface area (Å²) in [4.78, 5) is 26.4. The van der Waals surface area contributed by atoms with Gasteiger partial charge in [0.1, 0.15) is 0 Å². The van der Waals surface area contributed by atoms with E-state index in [-0.39, 0.29) is 5.41 Å². The number of allylic oxidation sites excluding steroid dienone is 2. The minimum atomic E-state index is -0.130. The molecule has 0 amide bonds. The van der Waals surface area contributed by atoms with Crippen LogP contribution in [0.5, 0.6) is 0 Å². The molecule has 9 aromatic rings. The first-order chi connectivity index (χ1) is 35.0. The summed E-state index contributed by atoms with van der Waals surface area (Å²) in [5.41, 5.74) is 15.3. The van der Waals surface area contributed by atoms with Crippen molar-refractivity contribution >= 4 is 50.4 Å². The lowest BCUT2D eigenvalue weighted by Crippen LogP contribution is -2.30. The molecule has 0 bridgehead atoms. The Morgan fingerprint density at radius 3 is 1.92 bits per heavy atom. The van der Waals surface area contributed by atoms with E-state index in [1.807, 2.05) is 0 Å². The maximum Gasteiger partial charge on any atom is 0.164 e. The Balaban J connectivity index is 0.893. The van der Waals surface area contributed by atoms with E-state index < -0.39 is 0 Å².